The number of benzene rings is 2. The van der Waals surface area contributed by atoms with Crippen LogP contribution in [0.2, 0.25) is 0 Å². The minimum absolute atomic E-state index is 0.0725. The molecule has 1 N–H and O–H groups in total. The summed E-state index contributed by atoms with van der Waals surface area (Å²) in [7, 11) is 0. The van der Waals surface area contributed by atoms with Crippen LogP contribution in [0.1, 0.15) is 17.5 Å². The van der Waals surface area contributed by atoms with E-state index in [1.54, 1.807) is 30.3 Å². The highest BCUT2D eigenvalue weighted by Crippen LogP contribution is 2.31. The third-order valence-electron chi connectivity index (χ3n) is 4.00. The Balaban J connectivity index is 1.94. The summed E-state index contributed by atoms with van der Waals surface area (Å²) in [6, 6.07) is 11.6. The molecule has 3 rings (SSSR count). The average Bonchev–Trinajstić information content (AvgIpc) is 2.65. The zero-order valence-corrected chi connectivity index (χ0v) is 15.3. The number of thioether (sulfide) groups is 1. The van der Waals surface area contributed by atoms with Crippen LogP contribution in [-0.2, 0) is 23.3 Å². The van der Waals surface area contributed by atoms with Gasteiger partial charge < -0.3 is 5.11 Å². The van der Waals surface area contributed by atoms with E-state index in [1.807, 2.05) is 0 Å². The van der Waals surface area contributed by atoms with Gasteiger partial charge in [0.2, 0.25) is 0 Å². The van der Waals surface area contributed by atoms with E-state index in [0.29, 0.717) is 16.5 Å². The van der Waals surface area contributed by atoms with Gasteiger partial charge in [-0.05, 0) is 23.8 Å². The number of rotatable bonds is 6. The molecule has 2 aromatic carbocycles. The number of para-hydroxylation sites is 1. The van der Waals surface area contributed by atoms with E-state index < -0.39 is 17.7 Å². The number of alkyl halides is 3. The normalized spacial score (nSPS) is 11.7. The van der Waals surface area contributed by atoms with Crippen molar-refractivity contribution in [2.45, 2.75) is 30.1 Å². The van der Waals surface area contributed by atoms with E-state index >= 15 is 0 Å². The standard InChI is InChI=1S/C19H15F3N2O3S/c20-19(21,22)13-5-3-4-12(10-13)11-28-18-23-15-7-2-1-6-14(15)17(27)24(18)9-8-16(25)26/h1-7,10H,8-9,11H2,(H,25,26). The molecular weight excluding hydrogens is 393 g/mol. The van der Waals surface area contributed by atoms with Crippen molar-refractivity contribution in [2.24, 2.45) is 0 Å². The summed E-state index contributed by atoms with van der Waals surface area (Å²) < 4.78 is 39.9. The molecule has 0 aliphatic carbocycles. The topological polar surface area (TPSA) is 72.2 Å². The Hall–Kier alpha value is -2.81. The molecule has 5 nitrogen and oxygen atoms in total. The molecule has 0 saturated carbocycles. The van der Waals surface area contributed by atoms with Gasteiger partial charge in [-0.15, -0.1) is 0 Å². The van der Waals surface area contributed by atoms with E-state index in [-0.39, 0.29) is 29.4 Å². The number of halogens is 3. The number of carbonyl (C=O) groups is 1. The smallest absolute Gasteiger partial charge is 0.416 e. The largest absolute Gasteiger partial charge is 0.481 e. The van der Waals surface area contributed by atoms with Crippen molar-refractivity contribution in [1.29, 1.82) is 0 Å². The molecule has 0 amide bonds. The van der Waals surface area contributed by atoms with Crippen molar-refractivity contribution in [3.63, 3.8) is 0 Å². The fourth-order valence-corrected chi connectivity index (χ4v) is 3.62. The molecule has 0 radical (unpaired) electrons. The quantitative estimate of drug-likeness (QED) is 0.489. The van der Waals surface area contributed by atoms with Crippen molar-refractivity contribution >= 4 is 28.6 Å². The molecule has 1 aromatic heterocycles. The summed E-state index contributed by atoms with van der Waals surface area (Å²) in [5, 5.41) is 9.56. The number of aromatic nitrogens is 2. The number of carboxylic acid groups (broad SMARTS) is 1. The molecule has 28 heavy (non-hydrogen) atoms. The molecule has 0 unspecified atom stereocenters. The Bertz CT molecular complexity index is 1080. The van der Waals surface area contributed by atoms with Gasteiger partial charge in [0.1, 0.15) is 0 Å². The first-order valence-corrected chi connectivity index (χ1v) is 9.24. The molecular formula is C19H15F3N2O3S. The maximum Gasteiger partial charge on any atom is 0.416 e. The van der Waals surface area contributed by atoms with E-state index in [0.717, 1.165) is 23.9 Å². The Morgan fingerprint density at radius 2 is 1.89 bits per heavy atom. The van der Waals surface area contributed by atoms with Gasteiger partial charge in [0, 0.05) is 12.3 Å². The Morgan fingerprint density at radius 3 is 2.61 bits per heavy atom. The number of hydrogen-bond donors (Lipinski definition) is 1. The van der Waals surface area contributed by atoms with E-state index in [1.165, 1.54) is 10.6 Å². The second kappa shape index (κ2) is 8.05. The predicted molar refractivity (Wildman–Crippen MR) is 99.3 cm³/mol. The summed E-state index contributed by atoms with van der Waals surface area (Å²) in [6.45, 7) is -0.0725. The highest BCUT2D eigenvalue weighted by Gasteiger charge is 2.30. The lowest BCUT2D eigenvalue weighted by atomic mass is 10.1. The van der Waals surface area contributed by atoms with E-state index in [2.05, 4.69) is 4.98 Å². The summed E-state index contributed by atoms with van der Waals surface area (Å²) in [4.78, 5) is 28.1. The molecule has 0 bridgehead atoms. The highest BCUT2D eigenvalue weighted by atomic mass is 32.2. The van der Waals surface area contributed by atoms with Crippen LogP contribution in [0.15, 0.2) is 58.5 Å². The number of fused-ring (bicyclic) bond motifs is 1. The summed E-state index contributed by atoms with van der Waals surface area (Å²) in [6.07, 6.45) is -4.71. The summed E-state index contributed by atoms with van der Waals surface area (Å²) >= 11 is 1.09. The molecule has 0 aliphatic rings. The van der Waals surface area contributed by atoms with Gasteiger partial charge in [-0.1, -0.05) is 42.1 Å². The maximum absolute atomic E-state index is 12.9. The first kappa shape index (κ1) is 19.9. The third-order valence-corrected chi connectivity index (χ3v) is 5.05. The molecule has 0 fully saturated rings. The highest BCUT2D eigenvalue weighted by molar-refractivity contribution is 7.98. The average molecular weight is 408 g/mol. The van der Waals surface area contributed by atoms with E-state index in [9.17, 15) is 22.8 Å². The summed E-state index contributed by atoms with van der Waals surface area (Å²) in [5.74, 6) is -0.907. The van der Waals surface area contributed by atoms with Crippen LogP contribution < -0.4 is 5.56 Å². The predicted octanol–water partition coefficient (Wildman–Crippen LogP) is 4.18. The van der Waals surface area contributed by atoms with Crippen molar-refractivity contribution in [3.8, 4) is 0 Å². The van der Waals surface area contributed by atoms with Crippen LogP contribution in [0.5, 0.6) is 0 Å². The van der Waals surface area contributed by atoms with Crippen LogP contribution in [0, 0.1) is 0 Å². The lowest BCUT2D eigenvalue weighted by molar-refractivity contribution is -0.138. The molecule has 0 aliphatic heterocycles. The number of hydrogen-bond acceptors (Lipinski definition) is 4. The van der Waals surface area contributed by atoms with Gasteiger partial charge in [-0.25, -0.2) is 4.98 Å². The Kier molecular flexibility index (Phi) is 5.73. The van der Waals surface area contributed by atoms with Crippen LogP contribution in [0.4, 0.5) is 13.2 Å². The minimum Gasteiger partial charge on any atom is -0.481 e. The van der Waals surface area contributed by atoms with Crippen LogP contribution >= 0.6 is 11.8 Å². The fraction of sp³-hybridized carbons (Fsp3) is 0.211. The van der Waals surface area contributed by atoms with Crippen LogP contribution in [0.25, 0.3) is 10.9 Å². The van der Waals surface area contributed by atoms with Gasteiger partial charge in [0.05, 0.1) is 22.9 Å². The van der Waals surface area contributed by atoms with Gasteiger partial charge in [-0.2, -0.15) is 13.2 Å². The third kappa shape index (κ3) is 4.53. The van der Waals surface area contributed by atoms with Gasteiger partial charge in [-0.3, -0.25) is 14.2 Å². The van der Waals surface area contributed by atoms with Crippen molar-refractivity contribution in [3.05, 3.63) is 70.0 Å². The van der Waals surface area contributed by atoms with Gasteiger partial charge >= 0.3 is 12.1 Å². The fourth-order valence-electron chi connectivity index (χ4n) is 2.65. The second-order valence-electron chi connectivity index (χ2n) is 6.00. The molecule has 0 atom stereocenters. The number of carboxylic acids is 1. The van der Waals surface area contributed by atoms with Crippen LogP contribution in [0.3, 0.4) is 0 Å². The Labute approximate surface area is 161 Å². The van der Waals surface area contributed by atoms with Crippen molar-refractivity contribution in [1.82, 2.24) is 9.55 Å². The molecule has 9 heteroatoms. The first-order chi connectivity index (χ1) is 13.3. The zero-order chi connectivity index (χ0) is 20.3. The van der Waals surface area contributed by atoms with Gasteiger partial charge in [0.15, 0.2) is 5.16 Å². The maximum atomic E-state index is 12.9. The van der Waals surface area contributed by atoms with Crippen molar-refractivity contribution < 1.29 is 23.1 Å². The second-order valence-corrected chi connectivity index (χ2v) is 6.94. The van der Waals surface area contributed by atoms with Crippen LogP contribution in [-0.4, -0.2) is 20.6 Å². The summed E-state index contributed by atoms with van der Waals surface area (Å²) in [5.41, 5.74) is -0.253. The van der Waals surface area contributed by atoms with E-state index in [4.69, 9.17) is 5.11 Å². The lowest BCUT2D eigenvalue weighted by Crippen LogP contribution is -2.24. The zero-order valence-electron chi connectivity index (χ0n) is 14.4. The number of nitrogens with zero attached hydrogens (tertiary/aromatic N) is 2. The molecule has 1 heterocycles. The molecule has 0 spiro atoms. The SMILES string of the molecule is O=C(O)CCn1c(SCc2cccc(C(F)(F)F)c2)nc2ccccc2c1=O. The Morgan fingerprint density at radius 1 is 1.14 bits per heavy atom. The van der Waals surface area contributed by atoms with Crippen molar-refractivity contribution in [2.75, 3.05) is 0 Å². The minimum atomic E-state index is -4.44. The number of aliphatic carboxylic acids is 1. The molecule has 146 valence electrons. The first-order valence-electron chi connectivity index (χ1n) is 8.26. The lowest BCUT2D eigenvalue weighted by Gasteiger charge is -2.13. The monoisotopic (exact) mass is 408 g/mol. The van der Waals surface area contributed by atoms with Gasteiger partial charge in [0.25, 0.3) is 5.56 Å². The molecule has 0 saturated heterocycles. The molecule has 3 aromatic rings.